The summed E-state index contributed by atoms with van der Waals surface area (Å²) in [6, 6.07) is 16.4. The molecular formula is C19H23NO3S. The molecule has 1 heterocycles. The van der Waals surface area contributed by atoms with Gasteiger partial charge in [-0.1, -0.05) is 48.0 Å². The Hall–Kier alpha value is -1.69. The predicted octanol–water partition coefficient (Wildman–Crippen LogP) is 3.54. The average molecular weight is 345 g/mol. The molecule has 1 fully saturated rings. The number of aryl methyl sites for hydroxylation is 1. The van der Waals surface area contributed by atoms with Gasteiger partial charge < -0.3 is 4.74 Å². The van der Waals surface area contributed by atoms with Crippen LogP contribution in [0, 0.1) is 6.92 Å². The molecule has 0 aliphatic carbocycles. The number of sulfonamides is 1. The number of ether oxygens (including phenoxy) is 1. The summed E-state index contributed by atoms with van der Waals surface area (Å²) in [5, 5.41) is 0. The van der Waals surface area contributed by atoms with Crippen LogP contribution in [0.25, 0.3) is 0 Å². The van der Waals surface area contributed by atoms with Gasteiger partial charge in [0.2, 0.25) is 10.0 Å². The van der Waals surface area contributed by atoms with Crippen molar-refractivity contribution in [2.24, 2.45) is 0 Å². The van der Waals surface area contributed by atoms with Crippen LogP contribution in [-0.2, 0) is 14.8 Å². The van der Waals surface area contributed by atoms with E-state index in [0.29, 0.717) is 18.1 Å². The van der Waals surface area contributed by atoms with Crippen LogP contribution in [0.1, 0.15) is 31.0 Å². The minimum atomic E-state index is -3.63. The van der Waals surface area contributed by atoms with Gasteiger partial charge in [0, 0.05) is 0 Å². The van der Waals surface area contributed by atoms with E-state index in [1.165, 1.54) is 0 Å². The van der Waals surface area contributed by atoms with E-state index >= 15 is 0 Å². The number of morpholine rings is 1. The van der Waals surface area contributed by atoms with E-state index in [0.717, 1.165) is 11.1 Å². The zero-order valence-corrected chi connectivity index (χ0v) is 15.1. The topological polar surface area (TPSA) is 46.6 Å². The fourth-order valence-corrected chi connectivity index (χ4v) is 5.13. The monoisotopic (exact) mass is 345 g/mol. The van der Waals surface area contributed by atoms with Gasteiger partial charge in [-0.25, -0.2) is 8.42 Å². The van der Waals surface area contributed by atoms with Crippen LogP contribution in [0.3, 0.4) is 0 Å². The molecule has 2 aromatic carbocycles. The molecule has 0 amide bonds. The van der Waals surface area contributed by atoms with Gasteiger partial charge in [-0.2, -0.15) is 4.31 Å². The molecule has 0 bridgehead atoms. The molecule has 0 saturated carbocycles. The zero-order chi connectivity index (χ0) is 17.4. The second-order valence-corrected chi connectivity index (χ2v) is 8.68. The number of rotatable bonds is 3. The number of benzene rings is 2. The average Bonchev–Trinajstić information content (AvgIpc) is 2.54. The first-order chi connectivity index (χ1) is 11.3. The van der Waals surface area contributed by atoms with E-state index < -0.39 is 15.6 Å². The summed E-state index contributed by atoms with van der Waals surface area (Å²) in [7, 11) is -3.63. The molecule has 3 rings (SSSR count). The first kappa shape index (κ1) is 17.1. The summed E-state index contributed by atoms with van der Waals surface area (Å²) in [4.78, 5) is 0.323. The second-order valence-electron chi connectivity index (χ2n) is 6.87. The Morgan fingerprint density at radius 1 is 1.04 bits per heavy atom. The van der Waals surface area contributed by atoms with Gasteiger partial charge in [-0.3, -0.25) is 0 Å². The zero-order valence-electron chi connectivity index (χ0n) is 14.3. The van der Waals surface area contributed by atoms with Crippen LogP contribution in [0.15, 0.2) is 59.5 Å². The third-order valence-corrected chi connectivity index (χ3v) is 6.51. The lowest BCUT2D eigenvalue weighted by molar-refractivity contribution is -0.0454. The highest BCUT2D eigenvalue weighted by atomic mass is 32.2. The highest BCUT2D eigenvalue weighted by molar-refractivity contribution is 7.89. The van der Waals surface area contributed by atoms with Crippen molar-refractivity contribution < 1.29 is 13.2 Å². The van der Waals surface area contributed by atoms with Crippen molar-refractivity contribution in [3.8, 4) is 0 Å². The normalized spacial score (nSPS) is 21.5. The Balaban J connectivity index is 2.10. The van der Waals surface area contributed by atoms with Crippen LogP contribution in [-0.4, -0.2) is 31.5 Å². The Morgan fingerprint density at radius 3 is 2.29 bits per heavy atom. The van der Waals surface area contributed by atoms with E-state index in [2.05, 4.69) is 0 Å². The van der Waals surface area contributed by atoms with Gasteiger partial charge in [0.15, 0.2) is 0 Å². The number of hydrogen-bond donors (Lipinski definition) is 0. The maximum Gasteiger partial charge on any atom is 0.244 e. The van der Waals surface area contributed by atoms with Gasteiger partial charge in [0.05, 0.1) is 29.7 Å². The SMILES string of the molecule is Cc1ccc(S(=O)(=O)N2[C@@H](c3ccccc3)COCC2(C)C)cc1. The molecule has 5 heteroatoms. The van der Waals surface area contributed by atoms with Crippen LogP contribution in [0.5, 0.6) is 0 Å². The molecule has 24 heavy (non-hydrogen) atoms. The molecule has 1 aliphatic rings. The Bertz CT molecular complexity index is 798. The van der Waals surface area contributed by atoms with Crippen molar-refractivity contribution >= 4 is 10.0 Å². The molecule has 1 aliphatic heterocycles. The molecule has 1 atom stereocenters. The largest absolute Gasteiger partial charge is 0.377 e. The molecule has 128 valence electrons. The van der Waals surface area contributed by atoms with Crippen molar-refractivity contribution in [3.05, 3.63) is 65.7 Å². The smallest absolute Gasteiger partial charge is 0.244 e. The lowest BCUT2D eigenvalue weighted by Gasteiger charge is -2.46. The maximum atomic E-state index is 13.4. The highest BCUT2D eigenvalue weighted by Gasteiger charge is 2.45. The third kappa shape index (κ3) is 3.11. The van der Waals surface area contributed by atoms with Gasteiger partial charge in [-0.05, 0) is 38.5 Å². The van der Waals surface area contributed by atoms with Gasteiger partial charge in [-0.15, -0.1) is 0 Å². The molecule has 2 aromatic rings. The molecule has 0 spiro atoms. The van der Waals surface area contributed by atoms with Gasteiger partial charge in [0.25, 0.3) is 0 Å². The van der Waals surface area contributed by atoms with E-state index in [1.54, 1.807) is 16.4 Å². The molecule has 0 unspecified atom stereocenters. The van der Waals surface area contributed by atoms with Crippen molar-refractivity contribution in [2.75, 3.05) is 13.2 Å². The summed E-state index contributed by atoms with van der Waals surface area (Å²) in [5.41, 5.74) is 1.36. The quantitative estimate of drug-likeness (QED) is 0.855. The summed E-state index contributed by atoms with van der Waals surface area (Å²) in [5.74, 6) is 0. The van der Waals surface area contributed by atoms with Crippen molar-refractivity contribution in [1.82, 2.24) is 4.31 Å². The van der Waals surface area contributed by atoms with Crippen molar-refractivity contribution in [2.45, 2.75) is 37.2 Å². The summed E-state index contributed by atoms with van der Waals surface area (Å²) < 4.78 is 34.1. The molecule has 0 radical (unpaired) electrons. The van der Waals surface area contributed by atoms with Crippen LogP contribution >= 0.6 is 0 Å². The van der Waals surface area contributed by atoms with E-state index in [1.807, 2.05) is 63.2 Å². The highest BCUT2D eigenvalue weighted by Crippen LogP contribution is 2.38. The van der Waals surface area contributed by atoms with Crippen LogP contribution in [0.2, 0.25) is 0 Å². The Labute approximate surface area is 144 Å². The van der Waals surface area contributed by atoms with Crippen molar-refractivity contribution in [1.29, 1.82) is 0 Å². The maximum absolute atomic E-state index is 13.4. The first-order valence-corrected chi connectivity index (χ1v) is 9.50. The molecule has 4 nitrogen and oxygen atoms in total. The summed E-state index contributed by atoms with van der Waals surface area (Å²) >= 11 is 0. The Kier molecular flexibility index (Phi) is 4.51. The lowest BCUT2D eigenvalue weighted by atomic mass is 9.99. The van der Waals surface area contributed by atoms with Gasteiger partial charge in [0.1, 0.15) is 0 Å². The molecule has 0 aromatic heterocycles. The van der Waals surface area contributed by atoms with Crippen molar-refractivity contribution in [3.63, 3.8) is 0 Å². The lowest BCUT2D eigenvalue weighted by Crippen LogP contribution is -2.56. The summed E-state index contributed by atoms with van der Waals surface area (Å²) in [6.45, 7) is 6.50. The molecule has 1 saturated heterocycles. The summed E-state index contributed by atoms with van der Waals surface area (Å²) in [6.07, 6.45) is 0. The Morgan fingerprint density at radius 2 is 1.67 bits per heavy atom. The standard InChI is InChI=1S/C19H23NO3S/c1-15-9-11-17(12-10-15)24(21,22)20-18(13-23-14-19(20,2)3)16-7-5-4-6-8-16/h4-12,18H,13-14H2,1-3H3/t18-/m1/s1. The van der Waals surface area contributed by atoms with E-state index in [4.69, 9.17) is 4.74 Å². The van der Waals surface area contributed by atoms with Crippen LogP contribution < -0.4 is 0 Å². The van der Waals surface area contributed by atoms with Crippen LogP contribution in [0.4, 0.5) is 0 Å². The van der Waals surface area contributed by atoms with Gasteiger partial charge >= 0.3 is 0 Å². The number of hydrogen-bond acceptors (Lipinski definition) is 3. The minimum Gasteiger partial charge on any atom is -0.377 e. The molecule has 0 N–H and O–H groups in total. The third-order valence-electron chi connectivity index (χ3n) is 4.37. The predicted molar refractivity (Wildman–Crippen MR) is 94.3 cm³/mol. The van der Waals surface area contributed by atoms with E-state index in [-0.39, 0.29) is 6.04 Å². The fraction of sp³-hybridized carbons (Fsp3) is 0.368. The van der Waals surface area contributed by atoms with E-state index in [9.17, 15) is 8.42 Å². The first-order valence-electron chi connectivity index (χ1n) is 8.06. The fourth-order valence-electron chi connectivity index (χ4n) is 3.20. The number of nitrogens with zero attached hydrogens (tertiary/aromatic N) is 1. The minimum absolute atomic E-state index is 0.323. The second kappa shape index (κ2) is 6.31. The molecular weight excluding hydrogens is 322 g/mol.